The van der Waals surface area contributed by atoms with Crippen LogP contribution in [0.4, 0.5) is 5.69 Å². The van der Waals surface area contributed by atoms with Crippen LogP contribution in [0, 0.1) is 5.92 Å². The van der Waals surface area contributed by atoms with Crippen LogP contribution < -0.4 is 0 Å². The molecule has 4 heteroatoms. The quantitative estimate of drug-likeness (QED) is 0.821. The van der Waals surface area contributed by atoms with E-state index in [0.717, 1.165) is 18.5 Å². The van der Waals surface area contributed by atoms with Gasteiger partial charge in [0.05, 0.1) is 11.7 Å². The first-order valence-electron chi connectivity index (χ1n) is 8.82. The second-order valence-electron chi connectivity index (χ2n) is 6.40. The van der Waals surface area contributed by atoms with Crippen molar-refractivity contribution in [2.75, 3.05) is 6.61 Å². The smallest absolute Gasteiger partial charge is 0.299 e. The summed E-state index contributed by atoms with van der Waals surface area (Å²) in [5, 5.41) is 0. The molecule has 4 nitrogen and oxygen atoms in total. The minimum atomic E-state index is -0.0547. The van der Waals surface area contributed by atoms with Gasteiger partial charge in [-0.1, -0.05) is 62.4 Å². The number of nitrogens with zero attached hydrogens (tertiary/aromatic N) is 2. The summed E-state index contributed by atoms with van der Waals surface area (Å²) in [7, 11) is 0. The lowest BCUT2D eigenvalue weighted by Crippen LogP contribution is -2.43. The fourth-order valence-corrected chi connectivity index (χ4v) is 2.89. The predicted molar refractivity (Wildman–Crippen MR) is 99.7 cm³/mol. The second kappa shape index (κ2) is 7.97. The molecule has 3 rings (SSSR count). The zero-order valence-electron chi connectivity index (χ0n) is 14.8. The summed E-state index contributed by atoms with van der Waals surface area (Å²) in [6, 6.07) is 20.2. The maximum absolute atomic E-state index is 12.9. The summed E-state index contributed by atoms with van der Waals surface area (Å²) in [5.74, 6) is 0.0246. The van der Waals surface area contributed by atoms with Crippen LogP contribution in [0.15, 0.2) is 65.7 Å². The first kappa shape index (κ1) is 17.2. The molecule has 0 radical (unpaired) electrons. The van der Waals surface area contributed by atoms with Gasteiger partial charge in [-0.05, 0) is 30.5 Å². The molecule has 1 heterocycles. The normalized spacial score (nSPS) is 19.7. The van der Waals surface area contributed by atoms with Crippen LogP contribution in [-0.2, 0) is 16.0 Å². The standard InChI is InChI=1S/C21H24N2O2/c1-3-16(2)20(24)23-19(14-17-10-6-4-7-11-17)15-25-21(23)22-18-12-8-5-9-13-18/h4-13,16,19H,3,14-15H2,1-2H3/t16-,19+/m1/s1. The number of carbonyl (C=O) groups excluding carboxylic acids is 1. The van der Waals surface area contributed by atoms with Crippen molar-refractivity contribution in [3.8, 4) is 0 Å². The summed E-state index contributed by atoms with van der Waals surface area (Å²) in [6.07, 6.45) is 1.56. The Morgan fingerprint density at radius 2 is 1.80 bits per heavy atom. The maximum Gasteiger partial charge on any atom is 0.299 e. The zero-order valence-corrected chi connectivity index (χ0v) is 14.8. The SMILES string of the molecule is CC[C@@H](C)C(=O)N1C(=Nc2ccccc2)OC[C@@H]1Cc1ccccc1. The van der Waals surface area contributed by atoms with E-state index >= 15 is 0 Å². The van der Waals surface area contributed by atoms with E-state index in [9.17, 15) is 4.79 Å². The van der Waals surface area contributed by atoms with Gasteiger partial charge in [0.15, 0.2) is 0 Å². The molecule has 2 atom stereocenters. The largest absolute Gasteiger partial charge is 0.462 e. The molecule has 2 aromatic carbocycles. The monoisotopic (exact) mass is 336 g/mol. The van der Waals surface area contributed by atoms with Crippen molar-refractivity contribution in [2.24, 2.45) is 10.9 Å². The highest BCUT2D eigenvalue weighted by molar-refractivity contribution is 5.97. The van der Waals surface area contributed by atoms with E-state index in [-0.39, 0.29) is 17.9 Å². The van der Waals surface area contributed by atoms with Gasteiger partial charge in [-0.25, -0.2) is 0 Å². The van der Waals surface area contributed by atoms with Crippen LogP contribution in [0.3, 0.4) is 0 Å². The van der Waals surface area contributed by atoms with E-state index in [1.165, 1.54) is 5.56 Å². The Hall–Kier alpha value is -2.62. The molecule has 1 amide bonds. The lowest BCUT2D eigenvalue weighted by Gasteiger charge is -2.24. The molecule has 1 fully saturated rings. The number of rotatable bonds is 5. The lowest BCUT2D eigenvalue weighted by molar-refractivity contribution is -0.132. The molecule has 0 bridgehead atoms. The number of amidine groups is 1. The van der Waals surface area contributed by atoms with E-state index < -0.39 is 0 Å². The van der Waals surface area contributed by atoms with Crippen LogP contribution >= 0.6 is 0 Å². The van der Waals surface area contributed by atoms with Crippen LogP contribution in [0.5, 0.6) is 0 Å². The van der Waals surface area contributed by atoms with E-state index in [0.29, 0.717) is 12.6 Å². The van der Waals surface area contributed by atoms with Crippen molar-refractivity contribution in [1.82, 2.24) is 4.90 Å². The van der Waals surface area contributed by atoms with Crippen molar-refractivity contribution in [2.45, 2.75) is 32.7 Å². The van der Waals surface area contributed by atoms with Crippen LogP contribution in [0.1, 0.15) is 25.8 Å². The second-order valence-corrected chi connectivity index (χ2v) is 6.40. The fraction of sp³-hybridized carbons (Fsp3) is 0.333. The minimum absolute atomic E-state index is 0.0219. The van der Waals surface area contributed by atoms with Gasteiger partial charge in [-0.3, -0.25) is 9.69 Å². The highest BCUT2D eigenvalue weighted by Gasteiger charge is 2.37. The van der Waals surface area contributed by atoms with Crippen molar-refractivity contribution in [3.05, 3.63) is 66.2 Å². The molecule has 0 aliphatic carbocycles. The molecule has 0 saturated carbocycles. The molecule has 0 unspecified atom stereocenters. The summed E-state index contributed by atoms with van der Waals surface area (Å²) in [5.41, 5.74) is 1.99. The Balaban J connectivity index is 1.88. The topological polar surface area (TPSA) is 41.9 Å². The molecule has 0 spiro atoms. The van der Waals surface area contributed by atoms with Crippen LogP contribution in [0.2, 0.25) is 0 Å². The van der Waals surface area contributed by atoms with Gasteiger partial charge >= 0.3 is 0 Å². The van der Waals surface area contributed by atoms with Gasteiger partial charge in [0.1, 0.15) is 6.61 Å². The van der Waals surface area contributed by atoms with Crippen LogP contribution in [-0.4, -0.2) is 29.5 Å². The van der Waals surface area contributed by atoms with Crippen molar-refractivity contribution < 1.29 is 9.53 Å². The average molecular weight is 336 g/mol. The molecule has 2 aromatic rings. The molecule has 25 heavy (non-hydrogen) atoms. The zero-order chi connectivity index (χ0) is 17.6. The summed E-state index contributed by atoms with van der Waals surface area (Å²) < 4.78 is 5.83. The third-order valence-electron chi connectivity index (χ3n) is 4.54. The van der Waals surface area contributed by atoms with Crippen molar-refractivity contribution >= 4 is 17.6 Å². The number of amides is 1. The molecule has 1 aliphatic rings. The Bertz CT molecular complexity index is 728. The molecule has 130 valence electrons. The summed E-state index contributed by atoms with van der Waals surface area (Å²) >= 11 is 0. The first-order valence-corrected chi connectivity index (χ1v) is 8.82. The lowest BCUT2D eigenvalue weighted by atomic mass is 10.0. The molecular weight excluding hydrogens is 312 g/mol. The third kappa shape index (κ3) is 4.08. The number of benzene rings is 2. The van der Waals surface area contributed by atoms with E-state index in [4.69, 9.17) is 4.74 Å². The number of carbonyl (C=O) groups is 1. The van der Waals surface area contributed by atoms with Gasteiger partial charge in [0, 0.05) is 5.92 Å². The van der Waals surface area contributed by atoms with Gasteiger partial charge in [0.25, 0.3) is 6.02 Å². The summed E-state index contributed by atoms with van der Waals surface area (Å²) in [4.78, 5) is 19.3. The van der Waals surface area contributed by atoms with E-state index in [2.05, 4.69) is 17.1 Å². The number of aliphatic imine (C=N–C) groups is 1. The number of hydrogen-bond donors (Lipinski definition) is 0. The summed E-state index contributed by atoms with van der Waals surface area (Å²) in [6.45, 7) is 4.46. The highest BCUT2D eigenvalue weighted by atomic mass is 16.5. The molecule has 0 aromatic heterocycles. The van der Waals surface area contributed by atoms with Gasteiger partial charge in [0.2, 0.25) is 5.91 Å². The maximum atomic E-state index is 12.9. The third-order valence-corrected chi connectivity index (χ3v) is 4.54. The number of para-hydroxylation sites is 1. The highest BCUT2D eigenvalue weighted by Crippen LogP contribution is 2.23. The predicted octanol–water partition coefficient (Wildman–Crippen LogP) is 4.19. The van der Waals surface area contributed by atoms with Crippen molar-refractivity contribution in [1.29, 1.82) is 0 Å². The van der Waals surface area contributed by atoms with Gasteiger partial charge < -0.3 is 4.74 Å². The Labute approximate surface area is 149 Å². The average Bonchev–Trinajstić information content (AvgIpc) is 3.04. The number of ether oxygens (including phenoxy) is 1. The Kier molecular flexibility index (Phi) is 5.49. The van der Waals surface area contributed by atoms with E-state index in [1.54, 1.807) is 4.90 Å². The van der Waals surface area contributed by atoms with Gasteiger partial charge in [-0.2, -0.15) is 4.99 Å². The first-order chi connectivity index (χ1) is 12.2. The number of hydrogen-bond acceptors (Lipinski definition) is 3. The Morgan fingerprint density at radius 1 is 1.16 bits per heavy atom. The molecule has 1 aliphatic heterocycles. The van der Waals surface area contributed by atoms with Gasteiger partial charge in [-0.15, -0.1) is 0 Å². The minimum Gasteiger partial charge on any atom is -0.462 e. The van der Waals surface area contributed by atoms with E-state index in [1.807, 2.05) is 62.4 Å². The Morgan fingerprint density at radius 3 is 2.44 bits per heavy atom. The molecule has 1 saturated heterocycles. The fourth-order valence-electron chi connectivity index (χ4n) is 2.89. The molecular formula is C21H24N2O2. The van der Waals surface area contributed by atoms with Crippen molar-refractivity contribution in [3.63, 3.8) is 0 Å². The van der Waals surface area contributed by atoms with Crippen LogP contribution in [0.25, 0.3) is 0 Å². The molecule has 0 N–H and O–H groups in total.